The van der Waals surface area contributed by atoms with E-state index in [1.807, 2.05) is 19.1 Å². The molecule has 2 rings (SSSR count). The number of nitrogen functional groups attached to an aromatic ring is 1. The molecular weight excluding hydrogens is 374 g/mol. The van der Waals surface area contributed by atoms with E-state index in [2.05, 4.69) is 5.32 Å². The van der Waals surface area contributed by atoms with Crippen LogP contribution in [-0.4, -0.2) is 32.7 Å². The zero-order chi connectivity index (χ0) is 18.6. The van der Waals surface area contributed by atoms with Gasteiger partial charge in [0.1, 0.15) is 0 Å². The first kappa shape index (κ1) is 22.0. The van der Waals surface area contributed by atoms with Crippen LogP contribution in [0.1, 0.15) is 24.1 Å². The van der Waals surface area contributed by atoms with Gasteiger partial charge in [0.15, 0.2) is 0 Å². The monoisotopic (exact) mass is 397 g/mol. The van der Waals surface area contributed by atoms with Gasteiger partial charge >= 0.3 is 0 Å². The third-order valence-electron chi connectivity index (χ3n) is 3.88. The number of nitrogens with one attached hydrogen (secondary N) is 1. The van der Waals surface area contributed by atoms with Crippen LogP contribution in [0.2, 0.25) is 0 Å². The zero-order valence-corrected chi connectivity index (χ0v) is 16.6. The van der Waals surface area contributed by atoms with Crippen molar-refractivity contribution >= 4 is 34.0 Å². The maximum Gasteiger partial charge on any atom is 0.242 e. The Morgan fingerprint density at radius 3 is 2.12 bits per heavy atom. The summed E-state index contributed by atoms with van der Waals surface area (Å²) in [6, 6.07) is 13.5. The standard InChI is InChI=1S/C18H23N3O3S.ClH/c1-13(20-18(22)12-14-4-8-16(19)9-5-14)15-6-10-17(11-7-15)25(23,24)21(2)3;/h4-11,13H,12,19H2,1-3H3,(H,20,22);1H. The van der Waals surface area contributed by atoms with Gasteiger partial charge in [-0.1, -0.05) is 24.3 Å². The Hall–Kier alpha value is -2.09. The van der Waals surface area contributed by atoms with E-state index in [1.165, 1.54) is 18.4 Å². The summed E-state index contributed by atoms with van der Waals surface area (Å²) in [5.74, 6) is -0.109. The Morgan fingerprint density at radius 2 is 1.62 bits per heavy atom. The fourth-order valence-corrected chi connectivity index (χ4v) is 3.24. The van der Waals surface area contributed by atoms with Crippen LogP contribution in [0.15, 0.2) is 53.4 Å². The first-order valence-electron chi connectivity index (χ1n) is 7.86. The van der Waals surface area contributed by atoms with Gasteiger partial charge in [0.2, 0.25) is 15.9 Å². The molecule has 8 heteroatoms. The van der Waals surface area contributed by atoms with E-state index < -0.39 is 10.0 Å². The molecule has 6 nitrogen and oxygen atoms in total. The van der Waals surface area contributed by atoms with Crippen molar-refractivity contribution in [1.29, 1.82) is 0 Å². The quantitative estimate of drug-likeness (QED) is 0.732. The highest BCUT2D eigenvalue weighted by molar-refractivity contribution is 7.89. The SMILES string of the molecule is CC(NC(=O)Cc1ccc(N)cc1)c1ccc(S(=O)(=O)N(C)C)cc1.Cl. The van der Waals surface area contributed by atoms with Crippen LogP contribution >= 0.6 is 12.4 Å². The van der Waals surface area contributed by atoms with Crippen molar-refractivity contribution in [1.82, 2.24) is 9.62 Å². The molecule has 0 heterocycles. The lowest BCUT2D eigenvalue weighted by Gasteiger charge is -2.16. The molecule has 2 aromatic rings. The lowest BCUT2D eigenvalue weighted by atomic mass is 10.1. The molecule has 0 aliphatic carbocycles. The van der Waals surface area contributed by atoms with Gasteiger partial charge in [-0.25, -0.2) is 12.7 Å². The normalized spacial score (nSPS) is 12.3. The average Bonchev–Trinajstić information content (AvgIpc) is 2.56. The summed E-state index contributed by atoms with van der Waals surface area (Å²) >= 11 is 0. The summed E-state index contributed by atoms with van der Waals surface area (Å²) < 4.78 is 25.3. The predicted molar refractivity (Wildman–Crippen MR) is 106 cm³/mol. The van der Waals surface area contributed by atoms with Crippen LogP contribution in [0.5, 0.6) is 0 Å². The fourth-order valence-electron chi connectivity index (χ4n) is 2.34. The van der Waals surface area contributed by atoms with E-state index in [9.17, 15) is 13.2 Å². The Morgan fingerprint density at radius 1 is 1.08 bits per heavy atom. The lowest BCUT2D eigenvalue weighted by molar-refractivity contribution is -0.121. The Labute approximate surface area is 160 Å². The molecule has 0 fully saturated rings. The molecule has 0 saturated carbocycles. The largest absolute Gasteiger partial charge is 0.399 e. The van der Waals surface area contributed by atoms with Crippen molar-refractivity contribution in [2.24, 2.45) is 0 Å². The second-order valence-electron chi connectivity index (χ2n) is 6.06. The van der Waals surface area contributed by atoms with Crippen molar-refractivity contribution in [2.45, 2.75) is 24.3 Å². The third-order valence-corrected chi connectivity index (χ3v) is 5.71. The third kappa shape index (κ3) is 5.45. The minimum absolute atomic E-state index is 0. The van der Waals surface area contributed by atoms with Crippen molar-refractivity contribution in [2.75, 3.05) is 19.8 Å². The van der Waals surface area contributed by atoms with Gasteiger partial charge in [0.05, 0.1) is 17.4 Å². The molecule has 1 atom stereocenters. The van der Waals surface area contributed by atoms with E-state index in [0.717, 1.165) is 11.1 Å². The summed E-state index contributed by atoms with van der Waals surface area (Å²) in [5.41, 5.74) is 8.00. The molecule has 0 radical (unpaired) electrons. The predicted octanol–water partition coefficient (Wildman–Crippen LogP) is 2.36. The van der Waals surface area contributed by atoms with Gasteiger partial charge < -0.3 is 11.1 Å². The van der Waals surface area contributed by atoms with E-state index in [0.29, 0.717) is 5.69 Å². The van der Waals surface area contributed by atoms with E-state index >= 15 is 0 Å². The number of sulfonamides is 1. The topological polar surface area (TPSA) is 92.5 Å². The summed E-state index contributed by atoms with van der Waals surface area (Å²) in [4.78, 5) is 12.4. The van der Waals surface area contributed by atoms with Crippen LogP contribution in [0.3, 0.4) is 0 Å². The molecule has 1 amide bonds. The highest BCUT2D eigenvalue weighted by Crippen LogP contribution is 2.18. The smallest absolute Gasteiger partial charge is 0.242 e. The van der Waals surface area contributed by atoms with E-state index in [4.69, 9.17) is 5.73 Å². The van der Waals surface area contributed by atoms with Crippen molar-refractivity contribution < 1.29 is 13.2 Å². The zero-order valence-electron chi connectivity index (χ0n) is 15.0. The number of nitrogens with zero attached hydrogens (tertiary/aromatic N) is 1. The highest BCUT2D eigenvalue weighted by atomic mass is 35.5. The molecule has 2 aromatic carbocycles. The summed E-state index contributed by atoms with van der Waals surface area (Å²) in [5, 5.41) is 2.91. The van der Waals surface area contributed by atoms with Crippen LogP contribution in [0, 0.1) is 0 Å². The molecule has 0 spiro atoms. The second-order valence-corrected chi connectivity index (χ2v) is 8.22. The van der Waals surface area contributed by atoms with Gasteiger partial charge in [0.25, 0.3) is 0 Å². The van der Waals surface area contributed by atoms with Crippen LogP contribution in [0.25, 0.3) is 0 Å². The number of nitrogens with two attached hydrogens (primary N) is 1. The number of rotatable bonds is 6. The number of hydrogen-bond donors (Lipinski definition) is 2. The van der Waals surface area contributed by atoms with Crippen LogP contribution in [0.4, 0.5) is 5.69 Å². The first-order valence-corrected chi connectivity index (χ1v) is 9.30. The summed E-state index contributed by atoms with van der Waals surface area (Å²) in [7, 11) is -0.472. The molecule has 26 heavy (non-hydrogen) atoms. The van der Waals surface area contributed by atoms with Crippen molar-refractivity contribution in [3.8, 4) is 0 Å². The number of benzene rings is 2. The molecule has 3 N–H and O–H groups in total. The number of amides is 1. The number of halogens is 1. The second kappa shape index (κ2) is 9.02. The average molecular weight is 398 g/mol. The van der Waals surface area contributed by atoms with Gasteiger partial charge in [0, 0.05) is 19.8 Å². The molecule has 142 valence electrons. The first-order chi connectivity index (χ1) is 11.7. The molecule has 0 saturated heterocycles. The van der Waals surface area contributed by atoms with Gasteiger partial charge in [-0.2, -0.15) is 0 Å². The van der Waals surface area contributed by atoms with Crippen molar-refractivity contribution in [3.05, 3.63) is 59.7 Å². The maximum atomic E-state index is 12.2. The van der Waals surface area contributed by atoms with Gasteiger partial charge in [-0.3, -0.25) is 4.79 Å². The fraction of sp³-hybridized carbons (Fsp3) is 0.278. The lowest BCUT2D eigenvalue weighted by Crippen LogP contribution is -2.28. The number of anilines is 1. The van der Waals surface area contributed by atoms with Gasteiger partial charge in [-0.05, 0) is 42.3 Å². The van der Waals surface area contributed by atoms with E-state index in [1.54, 1.807) is 36.4 Å². The number of carbonyl (C=O) groups excluding carboxylic acids is 1. The molecule has 0 aliphatic heterocycles. The minimum Gasteiger partial charge on any atom is -0.399 e. The molecule has 0 aromatic heterocycles. The van der Waals surface area contributed by atoms with Crippen LogP contribution in [-0.2, 0) is 21.2 Å². The Bertz CT molecular complexity index is 835. The molecular formula is C18H24ClN3O3S. The van der Waals surface area contributed by atoms with E-state index in [-0.39, 0.29) is 35.7 Å². The Kier molecular flexibility index (Phi) is 7.62. The van der Waals surface area contributed by atoms with Crippen LogP contribution < -0.4 is 11.1 Å². The molecule has 0 aliphatic rings. The summed E-state index contributed by atoms with van der Waals surface area (Å²) in [6.45, 7) is 1.86. The molecule has 0 bridgehead atoms. The molecule has 1 unspecified atom stereocenters. The number of hydrogen-bond acceptors (Lipinski definition) is 4. The maximum absolute atomic E-state index is 12.2. The van der Waals surface area contributed by atoms with Gasteiger partial charge in [-0.15, -0.1) is 12.4 Å². The Balaban J connectivity index is 0.00000338. The minimum atomic E-state index is -3.45. The summed E-state index contributed by atoms with van der Waals surface area (Å²) in [6.07, 6.45) is 0.262. The van der Waals surface area contributed by atoms with Crippen molar-refractivity contribution in [3.63, 3.8) is 0 Å². The number of carbonyl (C=O) groups is 1. The highest BCUT2D eigenvalue weighted by Gasteiger charge is 2.17.